The normalized spacial score (nSPS) is 16.7. The van der Waals surface area contributed by atoms with E-state index in [1.165, 1.54) is 43.8 Å². The molecule has 0 spiro atoms. The molecular formula is C18H33IN4S. The molecule has 1 saturated heterocycles. The second-order valence-electron chi connectivity index (χ2n) is 6.60. The summed E-state index contributed by atoms with van der Waals surface area (Å²) in [4.78, 5) is 10.7. The summed E-state index contributed by atoms with van der Waals surface area (Å²) in [6.45, 7) is 8.13. The van der Waals surface area contributed by atoms with Crippen LogP contribution in [0.2, 0.25) is 0 Å². The van der Waals surface area contributed by atoms with Crippen molar-refractivity contribution < 1.29 is 0 Å². The van der Waals surface area contributed by atoms with Crippen molar-refractivity contribution in [3.8, 4) is 0 Å². The average molecular weight is 464 g/mol. The molecule has 0 atom stereocenters. The fourth-order valence-corrected chi connectivity index (χ4v) is 3.71. The molecule has 1 fully saturated rings. The Hall–Kier alpha value is -0.340. The number of piperidine rings is 1. The van der Waals surface area contributed by atoms with Crippen molar-refractivity contribution in [1.29, 1.82) is 0 Å². The number of guanidine groups is 1. The third-order valence-electron chi connectivity index (χ3n) is 4.66. The lowest BCUT2D eigenvalue weighted by molar-refractivity contribution is 0.191. The Kier molecular flexibility index (Phi) is 10.9. The summed E-state index contributed by atoms with van der Waals surface area (Å²) in [5.41, 5.74) is 0. The number of aliphatic imine (C=N–C) groups is 1. The first kappa shape index (κ1) is 21.7. The first-order valence-electron chi connectivity index (χ1n) is 8.85. The molecule has 1 N–H and O–H groups in total. The van der Waals surface area contributed by atoms with Gasteiger partial charge in [-0.15, -0.1) is 35.3 Å². The van der Waals surface area contributed by atoms with Crippen LogP contribution < -0.4 is 5.32 Å². The van der Waals surface area contributed by atoms with Gasteiger partial charge < -0.3 is 15.1 Å². The van der Waals surface area contributed by atoms with Crippen molar-refractivity contribution in [2.75, 3.05) is 46.8 Å². The van der Waals surface area contributed by atoms with Gasteiger partial charge in [0.2, 0.25) is 0 Å². The molecule has 24 heavy (non-hydrogen) atoms. The van der Waals surface area contributed by atoms with Crippen LogP contribution in [0.3, 0.4) is 0 Å². The van der Waals surface area contributed by atoms with E-state index in [4.69, 9.17) is 0 Å². The molecule has 0 saturated carbocycles. The summed E-state index contributed by atoms with van der Waals surface area (Å²) in [5.74, 6) is 1.93. The Morgan fingerprint density at radius 1 is 1.42 bits per heavy atom. The number of nitrogens with zero attached hydrogens (tertiary/aromatic N) is 3. The quantitative estimate of drug-likeness (QED) is 0.290. The predicted molar refractivity (Wildman–Crippen MR) is 117 cm³/mol. The maximum absolute atomic E-state index is 4.40. The van der Waals surface area contributed by atoms with E-state index in [0.717, 1.165) is 31.4 Å². The van der Waals surface area contributed by atoms with Gasteiger partial charge in [0.1, 0.15) is 0 Å². The highest BCUT2D eigenvalue weighted by Crippen LogP contribution is 2.15. The van der Waals surface area contributed by atoms with Crippen molar-refractivity contribution in [3.05, 3.63) is 22.4 Å². The summed E-state index contributed by atoms with van der Waals surface area (Å²) in [7, 11) is 3.99. The van der Waals surface area contributed by atoms with E-state index in [2.05, 4.69) is 51.6 Å². The second-order valence-corrected chi connectivity index (χ2v) is 7.63. The van der Waals surface area contributed by atoms with Gasteiger partial charge in [-0.05, 0) is 62.7 Å². The van der Waals surface area contributed by atoms with Crippen LogP contribution in [0.4, 0.5) is 0 Å². The van der Waals surface area contributed by atoms with Crippen molar-refractivity contribution in [2.45, 2.75) is 32.6 Å². The number of hydrogen-bond donors (Lipinski definition) is 1. The lowest BCUT2D eigenvalue weighted by Crippen LogP contribution is -2.41. The number of likely N-dealkylation sites (N-methyl/N-ethyl adjacent to an activating group) is 1. The third kappa shape index (κ3) is 7.70. The lowest BCUT2D eigenvalue weighted by atomic mass is 9.99. The molecule has 2 rings (SSSR count). The van der Waals surface area contributed by atoms with E-state index >= 15 is 0 Å². The molecule has 0 aliphatic carbocycles. The fraction of sp³-hybridized carbons (Fsp3) is 0.722. The maximum Gasteiger partial charge on any atom is 0.193 e. The zero-order chi connectivity index (χ0) is 16.5. The van der Waals surface area contributed by atoms with Gasteiger partial charge in [0.05, 0.1) is 0 Å². The standard InChI is InChI=1S/C18H32N4S.HI/c1-16-7-13-22(14-8-16)11-5-10-20-18(19-2)21(3)12-9-17-6-4-15-23-17;/h4,6,15-16H,5,7-14H2,1-3H3,(H,19,20);1H. The van der Waals surface area contributed by atoms with Gasteiger partial charge in [0.15, 0.2) is 5.96 Å². The first-order valence-corrected chi connectivity index (χ1v) is 9.73. The highest BCUT2D eigenvalue weighted by atomic mass is 127. The molecule has 1 aliphatic heterocycles. The Morgan fingerprint density at radius 3 is 2.79 bits per heavy atom. The van der Waals surface area contributed by atoms with E-state index in [-0.39, 0.29) is 24.0 Å². The molecule has 6 heteroatoms. The molecule has 0 bridgehead atoms. The van der Waals surface area contributed by atoms with Crippen molar-refractivity contribution in [2.24, 2.45) is 10.9 Å². The van der Waals surface area contributed by atoms with Crippen molar-refractivity contribution in [1.82, 2.24) is 15.1 Å². The topological polar surface area (TPSA) is 30.9 Å². The highest BCUT2D eigenvalue weighted by molar-refractivity contribution is 14.0. The van der Waals surface area contributed by atoms with Crippen LogP contribution in [0, 0.1) is 5.92 Å². The first-order chi connectivity index (χ1) is 11.2. The fourth-order valence-electron chi connectivity index (χ4n) is 3.01. The van der Waals surface area contributed by atoms with Gasteiger partial charge in [-0.25, -0.2) is 0 Å². The van der Waals surface area contributed by atoms with Crippen LogP contribution in [0.25, 0.3) is 0 Å². The van der Waals surface area contributed by atoms with Crippen LogP contribution >= 0.6 is 35.3 Å². The van der Waals surface area contributed by atoms with Gasteiger partial charge >= 0.3 is 0 Å². The summed E-state index contributed by atoms with van der Waals surface area (Å²) in [6.07, 6.45) is 4.99. The van der Waals surface area contributed by atoms with Crippen molar-refractivity contribution >= 4 is 41.3 Å². The smallest absolute Gasteiger partial charge is 0.193 e. The average Bonchev–Trinajstić information content (AvgIpc) is 3.08. The molecule has 138 valence electrons. The molecule has 0 unspecified atom stereocenters. The summed E-state index contributed by atoms with van der Waals surface area (Å²) >= 11 is 1.83. The molecule has 0 amide bonds. The Morgan fingerprint density at radius 2 is 2.17 bits per heavy atom. The van der Waals surface area contributed by atoms with E-state index < -0.39 is 0 Å². The summed E-state index contributed by atoms with van der Waals surface area (Å²) < 4.78 is 0. The van der Waals surface area contributed by atoms with Gasteiger partial charge in [0.25, 0.3) is 0 Å². The number of halogens is 1. The number of hydrogen-bond acceptors (Lipinski definition) is 3. The van der Waals surface area contributed by atoms with Crippen LogP contribution in [0.1, 0.15) is 31.1 Å². The summed E-state index contributed by atoms with van der Waals surface area (Å²) in [6, 6.07) is 4.32. The minimum atomic E-state index is 0. The Bertz CT molecular complexity index is 456. The molecule has 1 aromatic rings. The molecule has 4 nitrogen and oxygen atoms in total. The third-order valence-corrected chi connectivity index (χ3v) is 5.59. The van der Waals surface area contributed by atoms with E-state index in [1.807, 2.05) is 18.4 Å². The van der Waals surface area contributed by atoms with Gasteiger partial charge in [0, 0.05) is 32.1 Å². The second kappa shape index (κ2) is 12.1. The van der Waals surface area contributed by atoms with Gasteiger partial charge in [-0.1, -0.05) is 13.0 Å². The van der Waals surface area contributed by atoms with E-state index in [9.17, 15) is 0 Å². The Labute approximate surface area is 168 Å². The van der Waals surface area contributed by atoms with E-state index in [1.54, 1.807) is 0 Å². The minimum Gasteiger partial charge on any atom is -0.356 e. The minimum absolute atomic E-state index is 0. The molecule has 2 heterocycles. The van der Waals surface area contributed by atoms with E-state index in [0.29, 0.717) is 0 Å². The zero-order valence-electron chi connectivity index (χ0n) is 15.3. The largest absolute Gasteiger partial charge is 0.356 e. The van der Waals surface area contributed by atoms with Crippen LogP contribution in [0.5, 0.6) is 0 Å². The monoisotopic (exact) mass is 464 g/mol. The van der Waals surface area contributed by atoms with Crippen molar-refractivity contribution in [3.63, 3.8) is 0 Å². The van der Waals surface area contributed by atoms with Crippen LogP contribution in [-0.4, -0.2) is 62.6 Å². The number of likely N-dealkylation sites (tertiary alicyclic amines) is 1. The van der Waals surface area contributed by atoms with Gasteiger partial charge in [-0.3, -0.25) is 4.99 Å². The predicted octanol–water partition coefficient (Wildman–Crippen LogP) is 3.54. The van der Waals surface area contributed by atoms with Gasteiger partial charge in [-0.2, -0.15) is 0 Å². The van der Waals surface area contributed by atoms with Crippen LogP contribution in [0.15, 0.2) is 22.5 Å². The molecule has 1 aliphatic rings. The lowest BCUT2D eigenvalue weighted by Gasteiger charge is -2.30. The number of nitrogens with one attached hydrogen (secondary N) is 1. The Balaban J connectivity index is 0.00000288. The maximum atomic E-state index is 4.40. The number of rotatable bonds is 7. The van der Waals surface area contributed by atoms with Crippen LogP contribution in [-0.2, 0) is 6.42 Å². The molecular weight excluding hydrogens is 431 g/mol. The highest BCUT2D eigenvalue weighted by Gasteiger charge is 2.14. The molecule has 0 radical (unpaired) electrons. The summed E-state index contributed by atoms with van der Waals surface area (Å²) in [5, 5.41) is 5.64. The zero-order valence-corrected chi connectivity index (χ0v) is 18.5. The SMILES string of the molecule is CN=C(NCCCN1CCC(C)CC1)N(C)CCc1cccs1.I. The number of thiophene rings is 1. The molecule has 1 aromatic heterocycles. The molecule has 0 aromatic carbocycles.